The average molecular weight is 457 g/mol. The Kier molecular flexibility index (Phi) is 7.07. The summed E-state index contributed by atoms with van der Waals surface area (Å²) in [7, 11) is 2.69. The molecule has 0 bridgehead atoms. The van der Waals surface area contributed by atoms with Crippen LogP contribution in [0.1, 0.15) is 41.5 Å². The summed E-state index contributed by atoms with van der Waals surface area (Å²) >= 11 is 0. The molecule has 0 amide bonds. The number of hydrogen-bond donors (Lipinski definition) is 0. The summed E-state index contributed by atoms with van der Waals surface area (Å²) < 4.78 is 4.85. The van der Waals surface area contributed by atoms with Crippen LogP contribution in [0.5, 0.6) is 0 Å². The number of rotatable bonds is 9. The van der Waals surface area contributed by atoms with E-state index in [9.17, 15) is 4.79 Å². The zero-order valence-electron chi connectivity index (χ0n) is 19.6. The fourth-order valence-corrected chi connectivity index (χ4v) is 4.56. The molecule has 34 heavy (non-hydrogen) atoms. The lowest BCUT2D eigenvalue weighted by Gasteiger charge is -2.18. The van der Waals surface area contributed by atoms with E-state index in [1.165, 1.54) is 25.3 Å². The third-order valence-electron chi connectivity index (χ3n) is 6.35. The Morgan fingerprint density at radius 1 is 0.912 bits per heavy atom. The smallest absolute Gasteiger partial charge is 0.360 e. The number of esters is 1. The van der Waals surface area contributed by atoms with Gasteiger partial charge in [0, 0.05) is 22.5 Å². The Balaban J connectivity index is 1.59. The van der Waals surface area contributed by atoms with Crippen LogP contribution in [0.4, 0.5) is 0 Å². The van der Waals surface area contributed by atoms with Crippen molar-refractivity contribution in [2.45, 2.75) is 31.3 Å². The zero-order valence-corrected chi connectivity index (χ0v) is 19.6. The molecular formula is C28H28N2O4. The molecule has 3 aromatic rings. The van der Waals surface area contributed by atoms with Crippen LogP contribution in [-0.2, 0) is 31.2 Å². The van der Waals surface area contributed by atoms with Crippen LogP contribution >= 0.6 is 0 Å². The van der Waals surface area contributed by atoms with Gasteiger partial charge in [0.05, 0.1) is 12.8 Å². The van der Waals surface area contributed by atoms with Crippen molar-refractivity contribution in [2.24, 2.45) is 10.3 Å². The molecular weight excluding hydrogens is 428 g/mol. The summed E-state index contributed by atoms with van der Waals surface area (Å²) in [4.78, 5) is 22.9. The van der Waals surface area contributed by atoms with E-state index < -0.39 is 5.97 Å². The molecule has 3 aromatic carbocycles. The van der Waals surface area contributed by atoms with Crippen molar-refractivity contribution in [1.82, 2.24) is 0 Å². The van der Waals surface area contributed by atoms with E-state index in [-0.39, 0.29) is 17.7 Å². The lowest BCUT2D eigenvalue weighted by molar-refractivity contribution is -0.132. The Morgan fingerprint density at radius 2 is 1.56 bits per heavy atom. The van der Waals surface area contributed by atoms with Gasteiger partial charge in [0.15, 0.2) is 5.71 Å². The first-order valence-electron chi connectivity index (χ1n) is 11.2. The molecule has 4 rings (SSSR count). The lowest BCUT2D eigenvalue weighted by atomic mass is 9.87. The molecule has 0 spiro atoms. The number of hydrogen-bond acceptors (Lipinski definition) is 6. The molecule has 6 nitrogen and oxygen atoms in total. The monoisotopic (exact) mass is 456 g/mol. The molecule has 1 fully saturated rings. The molecule has 1 aliphatic rings. The Labute approximate surface area is 199 Å². The number of nitrogens with zero attached hydrogens (tertiary/aromatic N) is 2. The number of methoxy groups -OCH3 is 1. The number of carbonyl (C=O) groups excluding carboxylic acids is 1. The van der Waals surface area contributed by atoms with E-state index in [4.69, 9.17) is 14.4 Å². The maximum Gasteiger partial charge on any atom is 0.360 e. The standard InChI is InChI=1S/C28H28N2O4/c1-20(28(23-15-8-5-9-16-23)18-25(28)21-12-6-4-7-13-21)29-34-19-22-14-10-11-17-24(22)26(30-33-3)27(31)32-2/h4-17,25H,18-19H2,1-3H3/b29-20-,30-26-. The molecule has 0 heterocycles. The third kappa shape index (κ3) is 4.57. The zero-order chi connectivity index (χ0) is 24.0. The number of benzene rings is 3. The molecule has 0 radical (unpaired) electrons. The normalized spacial score (nSPS) is 19.9. The summed E-state index contributed by atoms with van der Waals surface area (Å²) in [6.45, 7) is 2.20. The highest BCUT2D eigenvalue weighted by molar-refractivity contribution is 6.43. The first kappa shape index (κ1) is 23.2. The van der Waals surface area contributed by atoms with E-state index in [1.807, 2.05) is 37.3 Å². The Bertz CT molecular complexity index is 1190. The second kappa shape index (κ2) is 10.3. The van der Waals surface area contributed by atoms with Gasteiger partial charge in [0.1, 0.15) is 13.7 Å². The van der Waals surface area contributed by atoms with Gasteiger partial charge in [-0.15, -0.1) is 0 Å². The maximum absolute atomic E-state index is 12.2. The van der Waals surface area contributed by atoms with Gasteiger partial charge in [-0.05, 0) is 24.5 Å². The number of oxime groups is 2. The summed E-state index contributed by atoms with van der Waals surface area (Å²) in [5.74, 6) is -0.240. The first-order valence-corrected chi connectivity index (χ1v) is 11.2. The van der Waals surface area contributed by atoms with Gasteiger partial charge in [-0.2, -0.15) is 0 Å². The average Bonchev–Trinajstić information content (AvgIpc) is 3.65. The van der Waals surface area contributed by atoms with Crippen LogP contribution in [0.3, 0.4) is 0 Å². The predicted octanol–water partition coefficient (Wildman–Crippen LogP) is 5.23. The third-order valence-corrected chi connectivity index (χ3v) is 6.35. The van der Waals surface area contributed by atoms with E-state index in [0.717, 1.165) is 17.7 Å². The summed E-state index contributed by atoms with van der Waals surface area (Å²) in [6.07, 6.45) is 0.975. The van der Waals surface area contributed by atoms with Crippen molar-refractivity contribution in [3.8, 4) is 0 Å². The quantitative estimate of drug-likeness (QED) is 0.251. The van der Waals surface area contributed by atoms with Gasteiger partial charge < -0.3 is 14.4 Å². The fourth-order valence-electron chi connectivity index (χ4n) is 4.56. The first-order chi connectivity index (χ1) is 16.6. The van der Waals surface area contributed by atoms with Crippen LogP contribution in [0.25, 0.3) is 0 Å². The minimum absolute atomic E-state index is 0.0805. The highest BCUT2D eigenvalue weighted by Crippen LogP contribution is 2.61. The minimum atomic E-state index is -0.583. The minimum Gasteiger partial charge on any atom is -0.464 e. The molecule has 0 N–H and O–H groups in total. The van der Waals surface area contributed by atoms with Crippen LogP contribution < -0.4 is 0 Å². The van der Waals surface area contributed by atoms with Gasteiger partial charge in [0.2, 0.25) is 0 Å². The summed E-state index contributed by atoms with van der Waals surface area (Å²) in [5, 5.41) is 8.40. The van der Waals surface area contributed by atoms with E-state index in [1.54, 1.807) is 6.07 Å². The molecule has 0 saturated heterocycles. The molecule has 0 aromatic heterocycles. The molecule has 174 valence electrons. The van der Waals surface area contributed by atoms with Gasteiger partial charge in [-0.3, -0.25) is 0 Å². The second-order valence-electron chi connectivity index (χ2n) is 8.23. The van der Waals surface area contributed by atoms with Crippen molar-refractivity contribution >= 4 is 17.4 Å². The van der Waals surface area contributed by atoms with Crippen molar-refractivity contribution in [3.05, 3.63) is 107 Å². The van der Waals surface area contributed by atoms with Crippen LogP contribution in [0.15, 0.2) is 95.2 Å². The maximum atomic E-state index is 12.2. The molecule has 2 unspecified atom stereocenters. The van der Waals surface area contributed by atoms with E-state index >= 15 is 0 Å². The summed E-state index contributed by atoms with van der Waals surface area (Å²) in [5.41, 5.74) is 4.66. The number of carbonyl (C=O) groups is 1. The largest absolute Gasteiger partial charge is 0.464 e. The van der Waals surface area contributed by atoms with Crippen LogP contribution in [0.2, 0.25) is 0 Å². The molecule has 0 aliphatic heterocycles. The molecule has 6 heteroatoms. The van der Waals surface area contributed by atoms with Crippen molar-refractivity contribution < 1.29 is 19.2 Å². The lowest BCUT2D eigenvalue weighted by Crippen LogP contribution is -2.21. The Hall–Kier alpha value is -3.93. The number of ether oxygens (including phenoxy) is 1. The van der Waals surface area contributed by atoms with Gasteiger partial charge in [-0.25, -0.2) is 4.79 Å². The van der Waals surface area contributed by atoms with Crippen molar-refractivity contribution in [1.29, 1.82) is 0 Å². The SMILES string of the molecule is CO/N=C(\C(=O)OC)c1ccccc1CO/N=C(/C)C1(c2ccccc2)CC1c1ccccc1. The van der Waals surface area contributed by atoms with Crippen LogP contribution in [0, 0.1) is 0 Å². The van der Waals surface area contributed by atoms with Crippen molar-refractivity contribution in [3.63, 3.8) is 0 Å². The molecule has 2 atom stereocenters. The highest BCUT2D eigenvalue weighted by Gasteiger charge is 2.58. The predicted molar refractivity (Wildman–Crippen MR) is 132 cm³/mol. The Morgan fingerprint density at radius 3 is 2.24 bits per heavy atom. The molecule has 1 aliphatic carbocycles. The van der Waals surface area contributed by atoms with Gasteiger partial charge in [-0.1, -0.05) is 95.2 Å². The van der Waals surface area contributed by atoms with Crippen LogP contribution in [-0.4, -0.2) is 31.6 Å². The van der Waals surface area contributed by atoms with Gasteiger partial charge in [0.25, 0.3) is 0 Å². The van der Waals surface area contributed by atoms with Crippen molar-refractivity contribution in [2.75, 3.05) is 14.2 Å². The van der Waals surface area contributed by atoms with E-state index in [0.29, 0.717) is 11.5 Å². The second-order valence-corrected chi connectivity index (χ2v) is 8.23. The summed E-state index contributed by atoms with van der Waals surface area (Å²) in [6, 6.07) is 28.3. The van der Waals surface area contributed by atoms with E-state index in [2.05, 4.69) is 58.8 Å². The topological polar surface area (TPSA) is 69.5 Å². The highest BCUT2D eigenvalue weighted by atomic mass is 16.6. The fraction of sp³-hybridized carbons (Fsp3) is 0.250. The molecule has 1 saturated carbocycles. The van der Waals surface area contributed by atoms with Gasteiger partial charge >= 0.3 is 5.97 Å².